The Morgan fingerprint density at radius 3 is 2.32 bits per heavy atom. The molecule has 0 bridgehead atoms. The molecule has 3 rings (SSSR count). The summed E-state index contributed by atoms with van der Waals surface area (Å²) in [6.07, 6.45) is 0.0841. The van der Waals surface area contributed by atoms with E-state index in [0.29, 0.717) is 6.42 Å². The van der Waals surface area contributed by atoms with E-state index in [1.165, 1.54) is 10.5 Å². The van der Waals surface area contributed by atoms with E-state index in [9.17, 15) is 4.79 Å². The second-order valence-electron chi connectivity index (χ2n) is 6.57. The quantitative estimate of drug-likeness (QED) is 0.473. The Bertz CT molecular complexity index is 894. The van der Waals surface area contributed by atoms with Crippen molar-refractivity contribution in [1.82, 2.24) is 0 Å². The molecule has 1 N–H and O–H groups in total. The van der Waals surface area contributed by atoms with Gasteiger partial charge in [-0.15, -0.1) is 11.8 Å². The van der Waals surface area contributed by atoms with E-state index in [-0.39, 0.29) is 5.91 Å². The van der Waals surface area contributed by atoms with Gasteiger partial charge >= 0.3 is 0 Å². The number of ether oxygens (including phenoxy) is 1. The summed E-state index contributed by atoms with van der Waals surface area (Å²) in [6.45, 7) is 3.93. The van der Waals surface area contributed by atoms with Crippen LogP contribution in [-0.4, -0.2) is 12.0 Å². The van der Waals surface area contributed by atoms with Gasteiger partial charge in [0.25, 0.3) is 5.91 Å². The number of aryl methyl sites for hydroxylation is 1. The molecule has 0 spiro atoms. The molecular formula is C24H25NO2S. The van der Waals surface area contributed by atoms with E-state index in [4.69, 9.17) is 4.74 Å². The predicted octanol–water partition coefficient (Wildman–Crippen LogP) is 6.08. The minimum Gasteiger partial charge on any atom is -0.480 e. The predicted molar refractivity (Wildman–Crippen MR) is 117 cm³/mol. The summed E-state index contributed by atoms with van der Waals surface area (Å²) in [5, 5.41) is 2.96. The molecule has 1 atom stereocenters. The molecule has 0 aliphatic rings. The van der Waals surface area contributed by atoms with Gasteiger partial charge < -0.3 is 10.1 Å². The van der Waals surface area contributed by atoms with Crippen LogP contribution in [0.2, 0.25) is 0 Å². The third kappa shape index (κ3) is 5.64. The Kier molecular flexibility index (Phi) is 7.15. The van der Waals surface area contributed by atoms with Crippen molar-refractivity contribution in [1.29, 1.82) is 0 Å². The largest absolute Gasteiger partial charge is 0.480 e. The van der Waals surface area contributed by atoms with Gasteiger partial charge in [0.05, 0.1) is 0 Å². The molecule has 4 heteroatoms. The van der Waals surface area contributed by atoms with Crippen LogP contribution < -0.4 is 10.1 Å². The van der Waals surface area contributed by atoms with E-state index in [0.717, 1.165) is 22.8 Å². The van der Waals surface area contributed by atoms with Gasteiger partial charge in [-0.25, -0.2) is 0 Å². The average molecular weight is 392 g/mol. The maximum atomic E-state index is 12.6. The minimum absolute atomic E-state index is 0.128. The fourth-order valence-electron chi connectivity index (χ4n) is 2.75. The van der Waals surface area contributed by atoms with Crippen molar-refractivity contribution >= 4 is 23.4 Å². The number of rotatable bonds is 8. The van der Waals surface area contributed by atoms with Gasteiger partial charge in [-0.3, -0.25) is 4.79 Å². The zero-order valence-corrected chi connectivity index (χ0v) is 17.0. The Labute approximate surface area is 171 Å². The minimum atomic E-state index is -0.519. The monoisotopic (exact) mass is 391 g/mol. The highest BCUT2D eigenvalue weighted by molar-refractivity contribution is 7.98. The summed E-state index contributed by atoms with van der Waals surface area (Å²) in [5.74, 6) is 1.52. The number of anilines is 1. The van der Waals surface area contributed by atoms with E-state index in [1.807, 2.05) is 68.4 Å². The zero-order chi connectivity index (χ0) is 19.8. The van der Waals surface area contributed by atoms with Gasteiger partial charge in [-0.2, -0.15) is 0 Å². The molecule has 3 aromatic rings. The molecule has 1 amide bonds. The summed E-state index contributed by atoms with van der Waals surface area (Å²) in [7, 11) is 0. The van der Waals surface area contributed by atoms with Crippen molar-refractivity contribution < 1.29 is 9.53 Å². The molecule has 0 radical (unpaired) electrons. The lowest BCUT2D eigenvalue weighted by Gasteiger charge is -2.18. The summed E-state index contributed by atoms with van der Waals surface area (Å²) in [4.78, 5) is 13.9. The van der Waals surface area contributed by atoms with Crippen molar-refractivity contribution in [2.45, 2.75) is 37.0 Å². The zero-order valence-electron chi connectivity index (χ0n) is 16.2. The number of amides is 1. The molecule has 0 heterocycles. The molecule has 0 saturated carbocycles. The maximum Gasteiger partial charge on any atom is 0.265 e. The average Bonchev–Trinajstić information content (AvgIpc) is 2.73. The third-order valence-electron chi connectivity index (χ3n) is 4.40. The van der Waals surface area contributed by atoms with Crippen molar-refractivity contribution in [3.8, 4) is 5.75 Å². The number of thioether (sulfide) groups is 1. The Balaban J connectivity index is 1.56. The Morgan fingerprint density at radius 2 is 1.64 bits per heavy atom. The van der Waals surface area contributed by atoms with Gasteiger partial charge in [0.2, 0.25) is 0 Å². The van der Waals surface area contributed by atoms with Crippen LogP contribution in [0.3, 0.4) is 0 Å². The molecule has 0 fully saturated rings. The lowest BCUT2D eigenvalue weighted by Crippen LogP contribution is -2.32. The van der Waals surface area contributed by atoms with E-state index in [1.54, 1.807) is 11.8 Å². The summed E-state index contributed by atoms with van der Waals surface area (Å²) >= 11 is 1.80. The fraction of sp³-hybridized carbons (Fsp3) is 0.208. The van der Waals surface area contributed by atoms with Crippen molar-refractivity contribution in [2.24, 2.45) is 0 Å². The lowest BCUT2D eigenvalue weighted by atomic mass is 10.2. The standard InChI is InChI=1S/C24H25NO2S/c1-3-22(27-23-12-8-7-9-18(23)2)24(26)25-20-15-13-19(14-16-20)17-28-21-10-5-4-6-11-21/h4-16,22H,3,17H2,1-2H3,(H,25,26)/t22-/m1/s1. The molecule has 144 valence electrons. The highest BCUT2D eigenvalue weighted by atomic mass is 32.2. The van der Waals surface area contributed by atoms with Crippen LogP contribution in [0.4, 0.5) is 5.69 Å². The van der Waals surface area contributed by atoms with Gasteiger partial charge in [-0.1, -0.05) is 55.5 Å². The first-order chi connectivity index (χ1) is 13.7. The first-order valence-corrected chi connectivity index (χ1v) is 10.4. The smallest absolute Gasteiger partial charge is 0.265 e. The van der Waals surface area contributed by atoms with Gasteiger partial charge in [-0.05, 0) is 54.8 Å². The molecule has 0 unspecified atom stereocenters. The number of hydrogen-bond acceptors (Lipinski definition) is 3. The topological polar surface area (TPSA) is 38.3 Å². The fourth-order valence-corrected chi connectivity index (χ4v) is 3.63. The summed E-state index contributed by atoms with van der Waals surface area (Å²) in [5.41, 5.74) is 3.02. The number of benzene rings is 3. The van der Waals surface area contributed by atoms with Crippen molar-refractivity contribution in [2.75, 3.05) is 5.32 Å². The summed E-state index contributed by atoms with van der Waals surface area (Å²) in [6, 6.07) is 26.1. The first kappa shape index (κ1) is 20.0. The third-order valence-corrected chi connectivity index (χ3v) is 5.48. The van der Waals surface area contributed by atoms with Crippen LogP contribution >= 0.6 is 11.8 Å². The van der Waals surface area contributed by atoms with Gasteiger partial charge in [0, 0.05) is 16.3 Å². The number of hydrogen-bond donors (Lipinski definition) is 1. The highest BCUT2D eigenvalue weighted by Crippen LogP contribution is 2.23. The molecule has 0 aliphatic carbocycles. The number of nitrogens with one attached hydrogen (secondary N) is 1. The Hall–Kier alpha value is -2.72. The molecule has 28 heavy (non-hydrogen) atoms. The number of para-hydroxylation sites is 1. The molecule has 0 aromatic heterocycles. The van der Waals surface area contributed by atoms with E-state index >= 15 is 0 Å². The van der Waals surface area contributed by atoms with Crippen LogP contribution in [0.5, 0.6) is 5.75 Å². The van der Waals surface area contributed by atoms with Crippen LogP contribution in [-0.2, 0) is 10.5 Å². The van der Waals surface area contributed by atoms with Crippen molar-refractivity contribution in [3.63, 3.8) is 0 Å². The van der Waals surface area contributed by atoms with E-state index < -0.39 is 6.10 Å². The maximum absolute atomic E-state index is 12.6. The highest BCUT2D eigenvalue weighted by Gasteiger charge is 2.19. The van der Waals surface area contributed by atoms with E-state index in [2.05, 4.69) is 29.6 Å². The van der Waals surface area contributed by atoms with Gasteiger partial charge in [0.1, 0.15) is 5.75 Å². The van der Waals surface area contributed by atoms with Gasteiger partial charge in [0.15, 0.2) is 6.10 Å². The molecule has 0 aliphatic heterocycles. The SMILES string of the molecule is CC[C@@H](Oc1ccccc1C)C(=O)Nc1ccc(CSc2ccccc2)cc1. The molecule has 0 saturated heterocycles. The number of carbonyl (C=O) groups excluding carboxylic acids is 1. The second kappa shape index (κ2) is 10.00. The van der Waals surface area contributed by atoms with Crippen molar-refractivity contribution in [3.05, 3.63) is 90.0 Å². The lowest BCUT2D eigenvalue weighted by molar-refractivity contribution is -0.122. The molecule has 3 nitrogen and oxygen atoms in total. The number of carbonyl (C=O) groups is 1. The van der Waals surface area contributed by atoms with Crippen LogP contribution in [0, 0.1) is 6.92 Å². The van der Waals surface area contributed by atoms with Crippen LogP contribution in [0.1, 0.15) is 24.5 Å². The van der Waals surface area contributed by atoms with Crippen LogP contribution in [0.25, 0.3) is 0 Å². The first-order valence-electron chi connectivity index (χ1n) is 9.45. The second-order valence-corrected chi connectivity index (χ2v) is 7.62. The Morgan fingerprint density at radius 1 is 0.964 bits per heavy atom. The van der Waals surface area contributed by atoms with Crippen LogP contribution in [0.15, 0.2) is 83.8 Å². The normalized spacial score (nSPS) is 11.6. The summed E-state index contributed by atoms with van der Waals surface area (Å²) < 4.78 is 5.92. The molecule has 3 aromatic carbocycles. The molecular weight excluding hydrogens is 366 g/mol.